The van der Waals surface area contributed by atoms with Gasteiger partial charge in [0.15, 0.2) is 17.3 Å². The predicted molar refractivity (Wildman–Crippen MR) is 117 cm³/mol. The van der Waals surface area contributed by atoms with Crippen LogP contribution >= 0.6 is 11.3 Å². The van der Waals surface area contributed by atoms with Crippen molar-refractivity contribution < 1.29 is 28.8 Å². The molecule has 30 heavy (non-hydrogen) atoms. The van der Waals surface area contributed by atoms with Crippen LogP contribution in [0, 0.1) is 0 Å². The molecule has 156 valence electrons. The molecule has 0 saturated heterocycles. The van der Waals surface area contributed by atoms with Crippen molar-refractivity contribution in [3.8, 4) is 39.2 Å². The normalized spacial score (nSPS) is 10.8. The molecule has 1 aromatic heterocycles. The first kappa shape index (κ1) is 21.3. The third kappa shape index (κ3) is 4.26. The first-order valence-corrected chi connectivity index (χ1v) is 9.87. The predicted octanol–water partition coefficient (Wildman–Crippen LogP) is 5.05. The second kappa shape index (κ2) is 9.37. The smallest absolute Gasteiger partial charge is 0.200 e. The highest BCUT2D eigenvalue weighted by Crippen LogP contribution is 2.39. The Hall–Kier alpha value is -3.45. The van der Waals surface area contributed by atoms with E-state index in [1.165, 1.54) is 32.4 Å². The Kier molecular flexibility index (Phi) is 6.64. The van der Waals surface area contributed by atoms with E-state index in [0.717, 1.165) is 16.0 Å². The van der Waals surface area contributed by atoms with Gasteiger partial charge in [-0.05, 0) is 41.8 Å². The molecule has 7 heteroatoms. The van der Waals surface area contributed by atoms with Gasteiger partial charge in [-0.25, -0.2) is 0 Å². The highest BCUT2D eigenvalue weighted by molar-refractivity contribution is 7.13. The van der Waals surface area contributed by atoms with E-state index < -0.39 is 0 Å². The van der Waals surface area contributed by atoms with Crippen LogP contribution in [0.1, 0.15) is 15.9 Å². The number of benzene rings is 2. The number of allylic oxidation sites excluding steroid dienone is 1. The molecule has 3 aromatic rings. The Morgan fingerprint density at radius 3 is 2.07 bits per heavy atom. The number of ketones is 1. The van der Waals surface area contributed by atoms with Crippen LogP contribution in [0.5, 0.6) is 28.7 Å². The number of carbonyl (C=O) groups is 1. The Labute approximate surface area is 178 Å². The lowest BCUT2D eigenvalue weighted by molar-refractivity contribution is 0.104. The SMILES string of the molecule is COc1cc(OC)c(-c2cccs2)cc1C=CC(=O)c1cc(OC)c(O)c(OC)c1. The summed E-state index contributed by atoms with van der Waals surface area (Å²) in [6.45, 7) is 0. The lowest BCUT2D eigenvalue weighted by Crippen LogP contribution is -1.98. The first-order valence-electron chi connectivity index (χ1n) is 8.99. The van der Waals surface area contributed by atoms with Gasteiger partial charge in [-0.3, -0.25) is 4.79 Å². The fourth-order valence-electron chi connectivity index (χ4n) is 2.98. The zero-order valence-corrected chi connectivity index (χ0v) is 17.9. The zero-order valence-electron chi connectivity index (χ0n) is 17.1. The van der Waals surface area contributed by atoms with E-state index in [1.54, 1.807) is 37.7 Å². The van der Waals surface area contributed by atoms with E-state index in [2.05, 4.69) is 0 Å². The van der Waals surface area contributed by atoms with Gasteiger partial charge in [0.05, 0.1) is 28.4 Å². The summed E-state index contributed by atoms with van der Waals surface area (Å²) < 4.78 is 21.2. The maximum atomic E-state index is 12.8. The number of hydrogen-bond acceptors (Lipinski definition) is 7. The van der Waals surface area contributed by atoms with Crippen molar-refractivity contribution in [2.75, 3.05) is 28.4 Å². The van der Waals surface area contributed by atoms with Crippen molar-refractivity contribution in [1.29, 1.82) is 0 Å². The summed E-state index contributed by atoms with van der Waals surface area (Å²) in [4.78, 5) is 13.8. The van der Waals surface area contributed by atoms with Crippen molar-refractivity contribution in [1.82, 2.24) is 0 Å². The van der Waals surface area contributed by atoms with Crippen LogP contribution in [0.2, 0.25) is 0 Å². The van der Waals surface area contributed by atoms with Gasteiger partial charge in [-0.1, -0.05) is 6.07 Å². The van der Waals surface area contributed by atoms with Crippen molar-refractivity contribution >= 4 is 23.2 Å². The van der Waals surface area contributed by atoms with Crippen molar-refractivity contribution in [2.24, 2.45) is 0 Å². The minimum Gasteiger partial charge on any atom is -0.502 e. The van der Waals surface area contributed by atoms with Crippen LogP contribution in [-0.4, -0.2) is 39.3 Å². The number of ether oxygens (including phenoxy) is 4. The number of phenols is 1. The maximum absolute atomic E-state index is 12.8. The van der Waals surface area contributed by atoms with Gasteiger partial charge in [0.2, 0.25) is 5.75 Å². The summed E-state index contributed by atoms with van der Waals surface area (Å²) in [5, 5.41) is 12.0. The summed E-state index contributed by atoms with van der Waals surface area (Å²) in [5.74, 6) is 1.16. The quantitative estimate of drug-likeness (QED) is 0.401. The summed E-state index contributed by atoms with van der Waals surface area (Å²) >= 11 is 1.60. The summed E-state index contributed by atoms with van der Waals surface area (Å²) in [6, 6.07) is 10.6. The molecular weight excluding hydrogens is 404 g/mol. The monoisotopic (exact) mass is 426 g/mol. The average Bonchev–Trinajstić information content (AvgIpc) is 3.31. The number of aromatic hydroxyl groups is 1. The van der Waals surface area contributed by atoms with Crippen LogP contribution in [-0.2, 0) is 0 Å². The molecular formula is C23H22O6S. The lowest BCUT2D eigenvalue weighted by atomic mass is 10.0. The van der Waals surface area contributed by atoms with Crippen LogP contribution in [0.4, 0.5) is 0 Å². The van der Waals surface area contributed by atoms with Gasteiger partial charge in [0.1, 0.15) is 11.5 Å². The van der Waals surface area contributed by atoms with Crippen LogP contribution in [0.3, 0.4) is 0 Å². The molecule has 3 rings (SSSR count). The Morgan fingerprint density at radius 1 is 0.900 bits per heavy atom. The largest absolute Gasteiger partial charge is 0.502 e. The minimum atomic E-state index is -0.276. The van der Waals surface area contributed by atoms with Crippen molar-refractivity contribution in [3.63, 3.8) is 0 Å². The molecule has 0 unspecified atom stereocenters. The molecule has 0 fully saturated rings. The summed E-state index contributed by atoms with van der Waals surface area (Å²) in [6.07, 6.45) is 3.12. The molecule has 0 atom stereocenters. The van der Waals surface area contributed by atoms with E-state index in [1.807, 2.05) is 23.6 Å². The van der Waals surface area contributed by atoms with Gasteiger partial charge in [0, 0.05) is 27.6 Å². The topological polar surface area (TPSA) is 74.2 Å². The summed E-state index contributed by atoms with van der Waals surface area (Å²) in [5.41, 5.74) is 1.96. The van der Waals surface area contributed by atoms with Gasteiger partial charge in [-0.15, -0.1) is 11.3 Å². The molecule has 0 aliphatic heterocycles. The highest BCUT2D eigenvalue weighted by atomic mass is 32.1. The second-order valence-corrected chi connectivity index (χ2v) is 7.15. The van der Waals surface area contributed by atoms with Gasteiger partial charge in [0.25, 0.3) is 0 Å². The highest BCUT2D eigenvalue weighted by Gasteiger charge is 2.15. The molecule has 0 aliphatic carbocycles. The fraction of sp³-hybridized carbons (Fsp3) is 0.174. The van der Waals surface area contributed by atoms with Crippen LogP contribution in [0.25, 0.3) is 16.5 Å². The molecule has 0 aliphatic rings. The van der Waals surface area contributed by atoms with Crippen molar-refractivity contribution in [3.05, 3.63) is 59.0 Å². The fourth-order valence-corrected chi connectivity index (χ4v) is 3.72. The Morgan fingerprint density at radius 2 is 1.53 bits per heavy atom. The average molecular weight is 426 g/mol. The third-order valence-corrected chi connectivity index (χ3v) is 5.42. The van der Waals surface area contributed by atoms with E-state index in [9.17, 15) is 9.90 Å². The molecule has 0 amide bonds. The first-order chi connectivity index (χ1) is 14.5. The van der Waals surface area contributed by atoms with E-state index >= 15 is 0 Å². The molecule has 0 spiro atoms. The van der Waals surface area contributed by atoms with E-state index in [0.29, 0.717) is 17.1 Å². The number of hydrogen-bond donors (Lipinski definition) is 1. The molecule has 2 aromatic carbocycles. The molecule has 0 bridgehead atoms. The Balaban J connectivity index is 1.99. The van der Waals surface area contributed by atoms with Gasteiger partial charge >= 0.3 is 0 Å². The number of phenolic OH excluding ortho intramolecular Hbond substituents is 1. The molecule has 0 saturated carbocycles. The number of carbonyl (C=O) groups excluding carboxylic acids is 1. The Bertz CT molecular complexity index is 1040. The third-order valence-electron chi connectivity index (χ3n) is 4.52. The maximum Gasteiger partial charge on any atom is 0.200 e. The van der Waals surface area contributed by atoms with Crippen molar-refractivity contribution in [2.45, 2.75) is 0 Å². The molecule has 6 nitrogen and oxygen atoms in total. The number of rotatable bonds is 8. The molecule has 1 heterocycles. The van der Waals surface area contributed by atoms with E-state index in [4.69, 9.17) is 18.9 Å². The lowest BCUT2D eigenvalue weighted by Gasteiger charge is -2.12. The summed E-state index contributed by atoms with van der Waals surface area (Å²) in [7, 11) is 5.99. The van der Waals surface area contributed by atoms with Gasteiger partial charge in [-0.2, -0.15) is 0 Å². The minimum absolute atomic E-state index is 0.155. The van der Waals surface area contributed by atoms with Crippen LogP contribution < -0.4 is 18.9 Å². The van der Waals surface area contributed by atoms with E-state index in [-0.39, 0.29) is 23.0 Å². The number of thiophene rings is 1. The van der Waals surface area contributed by atoms with Crippen LogP contribution in [0.15, 0.2) is 47.9 Å². The molecule has 0 radical (unpaired) electrons. The second-order valence-electron chi connectivity index (χ2n) is 6.20. The zero-order chi connectivity index (χ0) is 21.7. The van der Waals surface area contributed by atoms with Gasteiger partial charge < -0.3 is 24.1 Å². The number of methoxy groups -OCH3 is 4. The standard InChI is InChI=1S/C23H22O6S/c1-26-18-13-19(27-2)16(22-6-5-9-30-22)10-14(18)7-8-17(24)15-11-20(28-3)23(25)21(12-15)29-4/h5-13,25H,1-4H3. The molecule has 1 N–H and O–H groups in total.